The van der Waals surface area contributed by atoms with E-state index in [0.717, 1.165) is 24.1 Å². The summed E-state index contributed by atoms with van der Waals surface area (Å²) in [5, 5.41) is 12.3. The Labute approximate surface area is 94.5 Å². The molecule has 4 nitrogen and oxygen atoms in total. The SMILES string of the molecule is Cc1cc(NC2CCC2)cc(C(=O)O)c1N. The van der Waals surface area contributed by atoms with Crippen LogP contribution >= 0.6 is 0 Å². The Morgan fingerprint density at radius 2 is 2.19 bits per heavy atom. The van der Waals surface area contributed by atoms with Crippen molar-refractivity contribution in [3.8, 4) is 0 Å². The van der Waals surface area contributed by atoms with E-state index in [9.17, 15) is 4.79 Å². The normalized spacial score (nSPS) is 15.6. The number of anilines is 2. The van der Waals surface area contributed by atoms with E-state index in [4.69, 9.17) is 10.8 Å². The second-order valence-corrected chi connectivity index (χ2v) is 4.33. The van der Waals surface area contributed by atoms with Crippen LogP contribution in [-0.2, 0) is 0 Å². The fourth-order valence-corrected chi connectivity index (χ4v) is 1.85. The maximum absolute atomic E-state index is 11.0. The summed E-state index contributed by atoms with van der Waals surface area (Å²) in [6, 6.07) is 4.01. The van der Waals surface area contributed by atoms with Crippen LogP contribution in [0.4, 0.5) is 11.4 Å². The van der Waals surface area contributed by atoms with E-state index in [0.29, 0.717) is 11.7 Å². The summed E-state index contributed by atoms with van der Waals surface area (Å²) < 4.78 is 0. The zero-order chi connectivity index (χ0) is 11.7. The summed E-state index contributed by atoms with van der Waals surface area (Å²) >= 11 is 0. The summed E-state index contributed by atoms with van der Waals surface area (Å²) in [7, 11) is 0. The van der Waals surface area contributed by atoms with Crippen LogP contribution in [0.15, 0.2) is 12.1 Å². The second-order valence-electron chi connectivity index (χ2n) is 4.33. The van der Waals surface area contributed by atoms with Crippen LogP contribution in [0.3, 0.4) is 0 Å². The van der Waals surface area contributed by atoms with Gasteiger partial charge < -0.3 is 16.2 Å². The minimum atomic E-state index is -0.974. The number of carboxylic acid groups (broad SMARTS) is 1. The van der Waals surface area contributed by atoms with Gasteiger partial charge in [-0.05, 0) is 43.9 Å². The Balaban J connectivity index is 2.28. The molecule has 0 bridgehead atoms. The van der Waals surface area contributed by atoms with Crippen molar-refractivity contribution in [3.63, 3.8) is 0 Å². The molecule has 1 aromatic carbocycles. The van der Waals surface area contributed by atoms with E-state index < -0.39 is 5.97 Å². The first-order valence-corrected chi connectivity index (χ1v) is 5.48. The molecule has 1 saturated carbocycles. The van der Waals surface area contributed by atoms with E-state index >= 15 is 0 Å². The average Bonchev–Trinajstić information content (AvgIpc) is 2.16. The lowest BCUT2D eigenvalue weighted by atomic mass is 9.92. The van der Waals surface area contributed by atoms with Crippen LogP contribution in [0.2, 0.25) is 0 Å². The lowest BCUT2D eigenvalue weighted by Gasteiger charge is -2.28. The van der Waals surface area contributed by atoms with Gasteiger partial charge in [0, 0.05) is 17.4 Å². The highest BCUT2D eigenvalue weighted by atomic mass is 16.4. The zero-order valence-corrected chi connectivity index (χ0v) is 9.29. The number of hydrogen-bond donors (Lipinski definition) is 3. The summed E-state index contributed by atoms with van der Waals surface area (Å²) in [6.07, 6.45) is 3.56. The summed E-state index contributed by atoms with van der Waals surface area (Å²) in [5.74, 6) is -0.974. The van der Waals surface area contributed by atoms with Gasteiger partial charge in [0.1, 0.15) is 0 Å². The molecule has 0 saturated heterocycles. The van der Waals surface area contributed by atoms with Crippen molar-refractivity contribution in [2.24, 2.45) is 0 Å². The van der Waals surface area contributed by atoms with Gasteiger partial charge in [-0.25, -0.2) is 4.79 Å². The monoisotopic (exact) mass is 220 g/mol. The minimum Gasteiger partial charge on any atom is -0.478 e. The Kier molecular flexibility index (Phi) is 2.73. The Morgan fingerprint density at radius 3 is 2.69 bits per heavy atom. The quantitative estimate of drug-likeness (QED) is 0.683. The predicted octanol–water partition coefficient (Wildman–Crippen LogP) is 2.24. The topological polar surface area (TPSA) is 75.3 Å². The average molecular weight is 220 g/mol. The van der Waals surface area contributed by atoms with E-state index in [2.05, 4.69) is 5.32 Å². The maximum Gasteiger partial charge on any atom is 0.337 e. The van der Waals surface area contributed by atoms with Gasteiger partial charge in [-0.1, -0.05) is 0 Å². The van der Waals surface area contributed by atoms with Gasteiger partial charge in [-0.2, -0.15) is 0 Å². The smallest absolute Gasteiger partial charge is 0.337 e. The standard InChI is InChI=1S/C12H16N2O2/c1-7-5-9(14-8-3-2-4-8)6-10(11(7)13)12(15)16/h5-6,8,14H,2-4,13H2,1H3,(H,15,16). The number of rotatable bonds is 3. The summed E-state index contributed by atoms with van der Waals surface area (Å²) in [6.45, 7) is 1.83. The number of aryl methyl sites for hydroxylation is 1. The molecule has 0 aliphatic heterocycles. The zero-order valence-electron chi connectivity index (χ0n) is 9.29. The Hall–Kier alpha value is -1.71. The molecule has 86 valence electrons. The van der Waals surface area contributed by atoms with E-state index in [-0.39, 0.29) is 5.56 Å². The first kappa shape index (κ1) is 10.8. The highest BCUT2D eigenvalue weighted by Crippen LogP contribution is 2.27. The van der Waals surface area contributed by atoms with Gasteiger partial charge in [0.05, 0.1) is 5.56 Å². The van der Waals surface area contributed by atoms with Crippen molar-refractivity contribution in [2.45, 2.75) is 32.2 Å². The molecule has 2 rings (SSSR count). The molecule has 0 spiro atoms. The lowest BCUT2D eigenvalue weighted by Crippen LogP contribution is -2.27. The van der Waals surface area contributed by atoms with Crippen molar-refractivity contribution >= 4 is 17.3 Å². The molecule has 1 aromatic rings. The van der Waals surface area contributed by atoms with Crippen LogP contribution in [0.1, 0.15) is 35.2 Å². The third kappa shape index (κ3) is 1.96. The number of carbonyl (C=O) groups is 1. The predicted molar refractivity (Wildman–Crippen MR) is 63.8 cm³/mol. The molecular formula is C12H16N2O2. The first-order chi connectivity index (χ1) is 7.58. The van der Waals surface area contributed by atoms with Crippen molar-refractivity contribution in [2.75, 3.05) is 11.1 Å². The van der Waals surface area contributed by atoms with Gasteiger partial charge in [-0.15, -0.1) is 0 Å². The molecule has 4 heteroatoms. The number of carboxylic acids is 1. The number of aromatic carboxylic acids is 1. The second kappa shape index (κ2) is 4.04. The van der Waals surface area contributed by atoms with Crippen LogP contribution in [-0.4, -0.2) is 17.1 Å². The molecule has 0 aromatic heterocycles. The molecule has 0 atom stereocenters. The number of nitrogens with one attached hydrogen (secondary N) is 1. The summed E-state index contributed by atoms with van der Waals surface area (Å²) in [5.41, 5.74) is 7.92. The van der Waals surface area contributed by atoms with Gasteiger partial charge in [-0.3, -0.25) is 0 Å². The molecule has 16 heavy (non-hydrogen) atoms. The highest BCUT2D eigenvalue weighted by molar-refractivity contribution is 5.95. The minimum absolute atomic E-state index is 0.182. The van der Waals surface area contributed by atoms with Gasteiger partial charge in [0.25, 0.3) is 0 Å². The van der Waals surface area contributed by atoms with Crippen LogP contribution in [0, 0.1) is 6.92 Å². The van der Waals surface area contributed by atoms with Crippen molar-refractivity contribution < 1.29 is 9.90 Å². The van der Waals surface area contributed by atoms with Crippen LogP contribution in [0.25, 0.3) is 0 Å². The lowest BCUT2D eigenvalue weighted by molar-refractivity contribution is 0.0698. The maximum atomic E-state index is 11.0. The van der Waals surface area contributed by atoms with E-state index in [1.807, 2.05) is 13.0 Å². The largest absolute Gasteiger partial charge is 0.478 e. The molecule has 4 N–H and O–H groups in total. The Bertz CT molecular complexity index is 425. The van der Waals surface area contributed by atoms with E-state index in [1.54, 1.807) is 6.07 Å². The molecule has 1 fully saturated rings. The molecular weight excluding hydrogens is 204 g/mol. The highest BCUT2D eigenvalue weighted by Gasteiger charge is 2.18. The number of nitrogens with two attached hydrogens (primary N) is 1. The van der Waals surface area contributed by atoms with Gasteiger partial charge >= 0.3 is 5.97 Å². The van der Waals surface area contributed by atoms with Crippen molar-refractivity contribution in [3.05, 3.63) is 23.3 Å². The fourth-order valence-electron chi connectivity index (χ4n) is 1.85. The third-order valence-corrected chi connectivity index (χ3v) is 3.09. The Morgan fingerprint density at radius 1 is 1.50 bits per heavy atom. The van der Waals surface area contributed by atoms with Crippen LogP contribution < -0.4 is 11.1 Å². The van der Waals surface area contributed by atoms with Crippen molar-refractivity contribution in [1.82, 2.24) is 0 Å². The van der Waals surface area contributed by atoms with E-state index in [1.165, 1.54) is 6.42 Å². The fraction of sp³-hybridized carbons (Fsp3) is 0.417. The molecule has 1 aliphatic carbocycles. The molecule has 0 unspecified atom stereocenters. The third-order valence-electron chi connectivity index (χ3n) is 3.09. The number of nitrogen functional groups attached to an aromatic ring is 1. The van der Waals surface area contributed by atoms with Crippen molar-refractivity contribution in [1.29, 1.82) is 0 Å². The van der Waals surface area contributed by atoms with Crippen LogP contribution in [0.5, 0.6) is 0 Å². The van der Waals surface area contributed by atoms with Gasteiger partial charge in [0.15, 0.2) is 0 Å². The first-order valence-electron chi connectivity index (χ1n) is 5.48. The number of hydrogen-bond acceptors (Lipinski definition) is 3. The molecule has 0 radical (unpaired) electrons. The molecule has 0 amide bonds. The van der Waals surface area contributed by atoms with Gasteiger partial charge in [0.2, 0.25) is 0 Å². The summed E-state index contributed by atoms with van der Waals surface area (Å²) in [4.78, 5) is 11.0. The molecule has 0 heterocycles. The number of benzene rings is 1. The molecule has 1 aliphatic rings.